The molecule has 2 heterocycles. The van der Waals surface area contributed by atoms with E-state index in [4.69, 9.17) is 42.5 Å². The second-order valence-electron chi connectivity index (χ2n) is 9.44. The number of rotatable bonds is 11. The molecule has 0 saturated carbocycles. The fourth-order valence-corrected chi connectivity index (χ4v) is 5.82. The summed E-state index contributed by atoms with van der Waals surface area (Å²) in [5.74, 6) is 2.59. The normalized spacial score (nSPS) is 14.1. The minimum absolute atomic E-state index is 0.151. The topological polar surface area (TPSA) is 99.5 Å². The highest BCUT2D eigenvalue weighted by molar-refractivity contribution is 7.99. The standard InChI is InChI=1S/C31H31Cl2N5O4S/c1-5-41-24-13-8-7-12-23(24)35-29(39)27-18(3)34-30-36-31(43-6-2)37-38(30)28(27)19-14-15-25(26(16-19)40-4)42-17-20-21(32)10-9-11-22(20)33/h7-16,28H,5-6,17H2,1-4H3,(H,35,39)(H,34,36,37). The number of ether oxygens (including phenoxy) is 3. The molecule has 2 N–H and O–H groups in total. The fraction of sp³-hybridized carbons (Fsp3) is 0.258. The van der Waals surface area contributed by atoms with Crippen molar-refractivity contribution >= 4 is 52.5 Å². The molecule has 3 aromatic carbocycles. The van der Waals surface area contributed by atoms with Gasteiger partial charge in [0.05, 0.1) is 25.0 Å². The average molecular weight is 641 g/mol. The highest BCUT2D eigenvalue weighted by Crippen LogP contribution is 2.40. The second-order valence-corrected chi connectivity index (χ2v) is 11.5. The van der Waals surface area contributed by atoms with E-state index in [-0.39, 0.29) is 12.5 Å². The number of hydrogen-bond donors (Lipinski definition) is 2. The SMILES string of the molecule is CCOc1ccccc1NC(=O)C1=C(C)Nc2nc(SCC)nn2C1c1ccc(OCc2c(Cl)cccc2Cl)c(OC)c1. The number of halogens is 2. The monoisotopic (exact) mass is 639 g/mol. The van der Waals surface area contributed by atoms with Crippen LogP contribution in [0, 0.1) is 0 Å². The largest absolute Gasteiger partial charge is 0.493 e. The highest BCUT2D eigenvalue weighted by Gasteiger charge is 2.35. The van der Waals surface area contributed by atoms with Crippen LogP contribution in [0.3, 0.4) is 0 Å². The minimum Gasteiger partial charge on any atom is -0.493 e. The highest BCUT2D eigenvalue weighted by atomic mass is 35.5. The summed E-state index contributed by atoms with van der Waals surface area (Å²) >= 11 is 14.2. The number of allylic oxidation sites excluding steroid dienone is 1. The van der Waals surface area contributed by atoms with Crippen LogP contribution in [-0.2, 0) is 11.4 Å². The van der Waals surface area contributed by atoms with Gasteiger partial charge in [0.1, 0.15) is 18.4 Å². The first-order valence-corrected chi connectivity index (χ1v) is 15.4. The zero-order chi connectivity index (χ0) is 30.5. The Morgan fingerprint density at radius 1 is 1.02 bits per heavy atom. The van der Waals surface area contributed by atoms with Crippen LogP contribution in [0.25, 0.3) is 0 Å². The molecule has 1 aliphatic rings. The molecule has 1 atom stereocenters. The van der Waals surface area contributed by atoms with Gasteiger partial charge >= 0.3 is 0 Å². The Kier molecular flexibility index (Phi) is 9.69. The summed E-state index contributed by atoms with van der Waals surface area (Å²) in [5, 5.41) is 12.7. The molecule has 1 amide bonds. The van der Waals surface area contributed by atoms with Gasteiger partial charge in [0.15, 0.2) is 11.5 Å². The molecule has 0 bridgehead atoms. The van der Waals surface area contributed by atoms with Crippen molar-refractivity contribution in [3.8, 4) is 17.2 Å². The lowest BCUT2D eigenvalue weighted by Gasteiger charge is -2.29. The quantitative estimate of drug-likeness (QED) is 0.162. The summed E-state index contributed by atoms with van der Waals surface area (Å²) in [6, 6.07) is 17.5. The number of methoxy groups -OCH3 is 1. The first kappa shape index (κ1) is 30.6. The first-order chi connectivity index (χ1) is 20.8. The van der Waals surface area contributed by atoms with Gasteiger partial charge in [-0.1, -0.05) is 66.2 Å². The molecule has 5 rings (SSSR count). The fourth-order valence-electron chi connectivity index (χ4n) is 4.76. The molecule has 1 aliphatic heterocycles. The summed E-state index contributed by atoms with van der Waals surface area (Å²) in [5.41, 5.74) is 3.11. The van der Waals surface area contributed by atoms with Gasteiger partial charge in [-0.25, -0.2) is 4.68 Å². The van der Waals surface area contributed by atoms with Crippen molar-refractivity contribution < 1.29 is 19.0 Å². The van der Waals surface area contributed by atoms with Crippen molar-refractivity contribution in [3.05, 3.63) is 93.1 Å². The van der Waals surface area contributed by atoms with Crippen LogP contribution in [0.1, 0.15) is 37.9 Å². The minimum atomic E-state index is -0.616. The predicted molar refractivity (Wildman–Crippen MR) is 171 cm³/mol. The maximum Gasteiger partial charge on any atom is 0.255 e. The number of thioether (sulfide) groups is 1. The molecule has 12 heteroatoms. The van der Waals surface area contributed by atoms with Crippen LogP contribution >= 0.6 is 35.0 Å². The third-order valence-electron chi connectivity index (χ3n) is 6.72. The molecular weight excluding hydrogens is 609 g/mol. The van der Waals surface area contributed by atoms with Gasteiger partial charge in [-0.2, -0.15) is 4.98 Å². The number of fused-ring (bicyclic) bond motifs is 1. The van der Waals surface area contributed by atoms with Gasteiger partial charge in [-0.3, -0.25) is 4.79 Å². The van der Waals surface area contributed by atoms with Crippen molar-refractivity contribution in [1.82, 2.24) is 14.8 Å². The molecule has 0 saturated heterocycles. The Balaban J connectivity index is 1.52. The van der Waals surface area contributed by atoms with Gasteiger partial charge in [-0.15, -0.1) is 5.10 Å². The lowest BCUT2D eigenvalue weighted by Crippen LogP contribution is -2.31. The van der Waals surface area contributed by atoms with Gasteiger partial charge in [0.2, 0.25) is 11.1 Å². The molecule has 9 nitrogen and oxygen atoms in total. The van der Waals surface area contributed by atoms with Gasteiger partial charge in [0.25, 0.3) is 5.91 Å². The lowest BCUT2D eigenvalue weighted by atomic mass is 9.94. The smallest absolute Gasteiger partial charge is 0.255 e. The average Bonchev–Trinajstić information content (AvgIpc) is 3.39. The number of carbonyl (C=O) groups excluding carboxylic acids is 1. The van der Waals surface area contributed by atoms with Crippen LogP contribution in [-0.4, -0.2) is 40.1 Å². The molecule has 4 aromatic rings. The van der Waals surface area contributed by atoms with Crippen molar-refractivity contribution in [2.24, 2.45) is 0 Å². The second kappa shape index (κ2) is 13.6. The van der Waals surface area contributed by atoms with Crippen molar-refractivity contribution in [1.29, 1.82) is 0 Å². The van der Waals surface area contributed by atoms with Crippen molar-refractivity contribution in [3.63, 3.8) is 0 Å². The lowest BCUT2D eigenvalue weighted by molar-refractivity contribution is -0.113. The van der Waals surface area contributed by atoms with Crippen LogP contribution in [0.4, 0.5) is 11.6 Å². The van der Waals surface area contributed by atoms with E-state index in [0.717, 1.165) is 11.3 Å². The molecule has 1 unspecified atom stereocenters. The number of aromatic nitrogens is 3. The number of carbonyl (C=O) groups is 1. The van der Waals surface area contributed by atoms with E-state index in [9.17, 15) is 4.79 Å². The molecule has 224 valence electrons. The molecular formula is C31H31Cl2N5O4S. The third kappa shape index (κ3) is 6.56. The van der Waals surface area contributed by atoms with Crippen LogP contribution in [0.15, 0.2) is 77.1 Å². The van der Waals surface area contributed by atoms with Gasteiger partial charge in [0, 0.05) is 21.3 Å². The maximum atomic E-state index is 14.0. The zero-order valence-electron chi connectivity index (χ0n) is 24.1. The molecule has 0 spiro atoms. The van der Waals surface area contributed by atoms with Crippen LogP contribution in [0.2, 0.25) is 10.0 Å². The number of hydrogen-bond acceptors (Lipinski definition) is 8. The number of amides is 1. The molecule has 1 aromatic heterocycles. The Labute approximate surface area is 264 Å². The summed E-state index contributed by atoms with van der Waals surface area (Å²) < 4.78 is 19.3. The predicted octanol–water partition coefficient (Wildman–Crippen LogP) is 7.61. The summed E-state index contributed by atoms with van der Waals surface area (Å²) in [6.07, 6.45) is 0. The van der Waals surface area contributed by atoms with E-state index in [0.29, 0.717) is 67.5 Å². The third-order valence-corrected chi connectivity index (χ3v) is 8.15. The Morgan fingerprint density at radius 2 is 1.79 bits per heavy atom. The van der Waals surface area contributed by atoms with Gasteiger partial charge in [-0.05, 0) is 61.6 Å². The molecule has 0 fully saturated rings. The van der Waals surface area contributed by atoms with E-state index in [2.05, 4.69) is 15.6 Å². The van der Waals surface area contributed by atoms with E-state index in [1.54, 1.807) is 42.1 Å². The summed E-state index contributed by atoms with van der Waals surface area (Å²) in [7, 11) is 1.56. The van der Waals surface area contributed by atoms with Crippen LogP contribution in [0.5, 0.6) is 17.2 Å². The Morgan fingerprint density at radius 3 is 2.51 bits per heavy atom. The Hall–Kier alpha value is -3.86. The maximum absolute atomic E-state index is 14.0. The van der Waals surface area contributed by atoms with Gasteiger partial charge < -0.3 is 24.8 Å². The number of benzene rings is 3. The van der Waals surface area contributed by atoms with E-state index >= 15 is 0 Å². The van der Waals surface area contributed by atoms with Crippen molar-refractivity contribution in [2.75, 3.05) is 30.1 Å². The number of nitrogens with zero attached hydrogens (tertiary/aromatic N) is 3. The molecule has 0 radical (unpaired) electrons. The van der Waals surface area contributed by atoms with E-state index < -0.39 is 6.04 Å². The molecule has 43 heavy (non-hydrogen) atoms. The number of para-hydroxylation sites is 2. The first-order valence-electron chi connectivity index (χ1n) is 13.7. The summed E-state index contributed by atoms with van der Waals surface area (Å²) in [6.45, 7) is 6.40. The van der Waals surface area contributed by atoms with E-state index in [1.807, 2.05) is 51.1 Å². The zero-order valence-corrected chi connectivity index (χ0v) is 26.4. The van der Waals surface area contributed by atoms with E-state index in [1.165, 1.54) is 11.8 Å². The van der Waals surface area contributed by atoms with Crippen LogP contribution < -0.4 is 24.8 Å². The Bertz CT molecular complexity index is 1660. The number of nitrogens with one attached hydrogen (secondary N) is 2. The number of anilines is 2. The summed E-state index contributed by atoms with van der Waals surface area (Å²) in [4.78, 5) is 18.7. The van der Waals surface area contributed by atoms with Crippen molar-refractivity contribution in [2.45, 2.75) is 38.6 Å². The molecule has 0 aliphatic carbocycles.